The molecular weight excluding hydrogens is 332 g/mol. The van der Waals surface area contributed by atoms with Gasteiger partial charge in [0.2, 0.25) is 11.8 Å². The van der Waals surface area contributed by atoms with Gasteiger partial charge >= 0.3 is 5.97 Å². The second-order valence-corrected chi connectivity index (χ2v) is 6.36. The Morgan fingerprint density at radius 2 is 1.73 bits per heavy atom. The van der Waals surface area contributed by atoms with E-state index >= 15 is 0 Å². The van der Waals surface area contributed by atoms with Crippen molar-refractivity contribution in [3.8, 4) is 0 Å². The average Bonchev–Trinajstić information content (AvgIpc) is 2.64. The summed E-state index contributed by atoms with van der Waals surface area (Å²) in [5.41, 5.74) is 0.879. The summed E-state index contributed by atoms with van der Waals surface area (Å²) in [6.45, 7) is 3.38. The van der Waals surface area contributed by atoms with Gasteiger partial charge < -0.3 is 15.7 Å². The zero-order chi connectivity index (χ0) is 19.1. The number of carbonyl (C=O) groups is 3. The number of aliphatic carboxylic acids is 1. The van der Waals surface area contributed by atoms with Crippen LogP contribution in [0.3, 0.4) is 0 Å². The lowest BCUT2D eigenvalue weighted by Gasteiger charge is -2.20. The van der Waals surface area contributed by atoms with Crippen molar-refractivity contribution in [1.29, 1.82) is 0 Å². The Balaban J connectivity index is 1.92. The van der Waals surface area contributed by atoms with Gasteiger partial charge in [-0.15, -0.1) is 0 Å². The van der Waals surface area contributed by atoms with Crippen LogP contribution in [0.2, 0.25) is 0 Å². The van der Waals surface area contributed by atoms with Gasteiger partial charge in [-0.05, 0) is 22.3 Å². The van der Waals surface area contributed by atoms with Gasteiger partial charge in [0.25, 0.3) is 0 Å². The Kier molecular flexibility index (Phi) is 6.72. The van der Waals surface area contributed by atoms with Crippen molar-refractivity contribution < 1.29 is 19.5 Å². The van der Waals surface area contributed by atoms with Gasteiger partial charge in [0, 0.05) is 0 Å². The van der Waals surface area contributed by atoms with Crippen LogP contribution < -0.4 is 10.6 Å². The average molecular weight is 356 g/mol. The molecule has 138 valence electrons. The van der Waals surface area contributed by atoms with E-state index in [9.17, 15) is 19.5 Å². The van der Waals surface area contributed by atoms with Crippen molar-refractivity contribution in [3.05, 3.63) is 48.0 Å². The Morgan fingerprint density at radius 3 is 2.42 bits per heavy atom. The number of hydrogen-bond acceptors (Lipinski definition) is 3. The highest BCUT2D eigenvalue weighted by atomic mass is 16.4. The molecule has 0 aliphatic rings. The SMILES string of the molecule is CCC(C)C(NC(=O)CNC(=O)Cc1cccc2ccccc12)C(=O)O. The number of carbonyl (C=O) groups excluding carboxylic acids is 2. The normalized spacial score (nSPS) is 13.0. The van der Waals surface area contributed by atoms with Crippen LogP contribution in [0.1, 0.15) is 25.8 Å². The molecule has 2 aromatic rings. The maximum absolute atomic E-state index is 12.2. The highest BCUT2D eigenvalue weighted by Gasteiger charge is 2.25. The molecule has 2 unspecified atom stereocenters. The molecular formula is C20H24N2O4. The minimum atomic E-state index is -1.07. The minimum Gasteiger partial charge on any atom is -0.480 e. The number of carboxylic acids is 1. The molecule has 2 atom stereocenters. The molecule has 6 nitrogen and oxygen atoms in total. The molecule has 0 saturated carbocycles. The summed E-state index contributed by atoms with van der Waals surface area (Å²) in [4.78, 5) is 35.4. The van der Waals surface area contributed by atoms with Crippen LogP contribution in [-0.2, 0) is 20.8 Å². The zero-order valence-electron chi connectivity index (χ0n) is 15.0. The minimum absolute atomic E-state index is 0.155. The monoisotopic (exact) mass is 356 g/mol. The predicted octanol–water partition coefficient (Wildman–Crippen LogP) is 2.11. The maximum Gasteiger partial charge on any atom is 0.326 e. The summed E-state index contributed by atoms with van der Waals surface area (Å²) in [5.74, 6) is -2.06. The lowest BCUT2D eigenvalue weighted by molar-refractivity contribution is -0.143. The highest BCUT2D eigenvalue weighted by molar-refractivity contribution is 5.92. The van der Waals surface area contributed by atoms with Crippen molar-refractivity contribution in [2.75, 3.05) is 6.54 Å². The Labute approximate surface area is 152 Å². The third kappa shape index (κ3) is 5.05. The van der Waals surface area contributed by atoms with Crippen LogP contribution in [0, 0.1) is 5.92 Å². The highest BCUT2D eigenvalue weighted by Crippen LogP contribution is 2.18. The molecule has 0 heterocycles. The quantitative estimate of drug-likeness (QED) is 0.675. The molecule has 2 amide bonds. The van der Waals surface area contributed by atoms with E-state index < -0.39 is 17.9 Å². The van der Waals surface area contributed by atoms with Crippen molar-refractivity contribution >= 4 is 28.6 Å². The van der Waals surface area contributed by atoms with Crippen LogP contribution in [0.25, 0.3) is 10.8 Å². The summed E-state index contributed by atoms with van der Waals surface area (Å²) < 4.78 is 0. The van der Waals surface area contributed by atoms with E-state index in [-0.39, 0.29) is 24.8 Å². The topological polar surface area (TPSA) is 95.5 Å². The molecule has 3 N–H and O–H groups in total. The fourth-order valence-electron chi connectivity index (χ4n) is 2.77. The fraction of sp³-hybridized carbons (Fsp3) is 0.350. The molecule has 0 aromatic heterocycles. The van der Waals surface area contributed by atoms with E-state index in [4.69, 9.17) is 0 Å². The molecule has 2 aromatic carbocycles. The first-order chi connectivity index (χ1) is 12.4. The molecule has 0 bridgehead atoms. The van der Waals surface area contributed by atoms with Gasteiger partial charge in [0.1, 0.15) is 6.04 Å². The van der Waals surface area contributed by atoms with Gasteiger partial charge in [-0.3, -0.25) is 9.59 Å². The van der Waals surface area contributed by atoms with Gasteiger partial charge in [-0.2, -0.15) is 0 Å². The van der Waals surface area contributed by atoms with E-state index in [0.717, 1.165) is 16.3 Å². The van der Waals surface area contributed by atoms with Gasteiger partial charge in [-0.1, -0.05) is 62.7 Å². The number of nitrogens with one attached hydrogen (secondary N) is 2. The van der Waals surface area contributed by atoms with Gasteiger partial charge in [0.15, 0.2) is 0 Å². The van der Waals surface area contributed by atoms with Crippen LogP contribution >= 0.6 is 0 Å². The third-order valence-electron chi connectivity index (χ3n) is 4.47. The summed E-state index contributed by atoms with van der Waals surface area (Å²) in [5, 5.41) is 16.3. The number of benzene rings is 2. The largest absolute Gasteiger partial charge is 0.480 e. The molecule has 0 aliphatic heterocycles. The van der Waals surface area contributed by atoms with Crippen molar-refractivity contribution in [2.24, 2.45) is 5.92 Å². The van der Waals surface area contributed by atoms with Crippen LogP contribution in [0.5, 0.6) is 0 Å². The third-order valence-corrected chi connectivity index (χ3v) is 4.47. The Morgan fingerprint density at radius 1 is 1.04 bits per heavy atom. The summed E-state index contributed by atoms with van der Waals surface area (Å²) in [7, 11) is 0. The number of fused-ring (bicyclic) bond motifs is 1. The molecule has 2 rings (SSSR count). The molecule has 26 heavy (non-hydrogen) atoms. The fourth-order valence-corrected chi connectivity index (χ4v) is 2.77. The lowest BCUT2D eigenvalue weighted by atomic mass is 9.99. The standard InChI is InChI=1S/C20H24N2O4/c1-3-13(2)19(20(25)26)22-18(24)12-21-17(23)11-15-9-6-8-14-7-4-5-10-16(14)15/h4-10,13,19H,3,11-12H2,1-2H3,(H,21,23)(H,22,24)(H,25,26). The molecule has 0 fully saturated rings. The van der Waals surface area contributed by atoms with Crippen molar-refractivity contribution in [3.63, 3.8) is 0 Å². The first-order valence-electron chi connectivity index (χ1n) is 8.67. The predicted molar refractivity (Wildman–Crippen MR) is 99.7 cm³/mol. The molecule has 0 spiro atoms. The van der Waals surface area contributed by atoms with E-state index in [2.05, 4.69) is 10.6 Å². The van der Waals surface area contributed by atoms with Crippen LogP contribution in [0.4, 0.5) is 0 Å². The molecule has 0 aliphatic carbocycles. The zero-order valence-corrected chi connectivity index (χ0v) is 15.0. The van der Waals surface area contributed by atoms with Crippen LogP contribution in [0.15, 0.2) is 42.5 Å². The summed E-state index contributed by atoms with van der Waals surface area (Å²) >= 11 is 0. The number of rotatable bonds is 8. The molecule has 0 radical (unpaired) electrons. The Hall–Kier alpha value is -2.89. The number of hydrogen-bond donors (Lipinski definition) is 3. The first-order valence-corrected chi connectivity index (χ1v) is 8.67. The summed E-state index contributed by atoms with van der Waals surface area (Å²) in [6.07, 6.45) is 0.785. The molecule has 6 heteroatoms. The van der Waals surface area contributed by atoms with Crippen molar-refractivity contribution in [2.45, 2.75) is 32.7 Å². The lowest BCUT2D eigenvalue weighted by Crippen LogP contribution is -2.48. The first kappa shape index (κ1) is 19.4. The number of amides is 2. The van der Waals surface area contributed by atoms with E-state index in [1.165, 1.54) is 0 Å². The second kappa shape index (κ2) is 8.99. The van der Waals surface area contributed by atoms with Gasteiger partial charge in [-0.25, -0.2) is 4.79 Å². The smallest absolute Gasteiger partial charge is 0.326 e. The second-order valence-electron chi connectivity index (χ2n) is 6.36. The van der Waals surface area contributed by atoms with E-state index in [0.29, 0.717) is 6.42 Å². The van der Waals surface area contributed by atoms with Gasteiger partial charge in [0.05, 0.1) is 13.0 Å². The summed E-state index contributed by atoms with van der Waals surface area (Å²) in [6, 6.07) is 12.6. The number of carboxylic acid groups (broad SMARTS) is 1. The maximum atomic E-state index is 12.2. The Bertz CT molecular complexity index is 798. The van der Waals surface area contributed by atoms with Crippen molar-refractivity contribution in [1.82, 2.24) is 10.6 Å². The van der Waals surface area contributed by atoms with E-state index in [1.807, 2.05) is 49.4 Å². The molecule has 0 saturated heterocycles. The van der Waals surface area contributed by atoms with Crippen LogP contribution in [-0.4, -0.2) is 35.5 Å². The van der Waals surface area contributed by atoms with E-state index in [1.54, 1.807) is 6.92 Å².